The summed E-state index contributed by atoms with van der Waals surface area (Å²) >= 11 is 0. The third-order valence-electron chi connectivity index (χ3n) is 5.70. The van der Waals surface area contributed by atoms with Gasteiger partial charge in [-0.3, -0.25) is 9.59 Å². The summed E-state index contributed by atoms with van der Waals surface area (Å²) in [5.74, 6) is -0.206. The molecule has 1 atom stereocenters. The Morgan fingerprint density at radius 3 is 2.44 bits per heavy atom. The van der Waals surface area contributed by atoms with Crippen molar-refractivity contribution in [3.63, 3.8) is 0 Å². The van der Waals surface area contributed by atoms with Crippen LogP contribution < -0.4 is 20.3 Å². The normalized spacial score (nSPS) is 13.1. The number of nitrogens with zero attached hydrogens (tertiary/aromatic N) is 2. The minimum atomic E-state index is -1.12. The van der Waals surface area contributed by atoms with Crippen LogP contribution in [0.15, 0.2) is 77.6 Å². The van der Waals surface area contributed by atoms with Crippen LogP contribution in [0.4, 0.5) is 5.69 Å². The van der Waals surface area contributed by atoms with E-state index in [0.717, 1.165) is 5.56 Å². The highest BCUT2D eigenvalue weighted by molar-refractivity contribution is 6.03. The monoisotopic (exact) mass is 485 g/mol. The number of fused-ring (bicyclic) bond motifs is 2. The second kappa shape index (κ2) is 9.91. The van der Waals surface area contributed by atoms with Crippen LogP contribution in [0.3, 0.4) is 0 Å². The van der Waals surface area contributed by atoms with Gasteiger partial charge in [-0.1, -0.05) is 48.5 Å². The molecule has 36 heavy (non-hydrogen) atoms. The minimum Gasteiger partial charge on any atom is -0.486 e. The van der Waals surface area contributed by atoms with E-state index in [1.54, 1.807) is 42.5 Å². The summed E-state index contributed by atoms with van der Waals surface area (Å²) in [5, 5.41) is 7.71. The Balaban J connectivity index is 1.37. The van der Waals surface area contributed by atoms with Gasteiger partial charge in [-0.05, 0) is 30.7 Å². The fraction of sp³-hybridized carbons (Fsp3) is 0.185. The van der Waals surface area contributed by atoms with Crippen LogP contribution in [0.5, 0.6) is 11.5 Å². The number of ether oxygens (including phenoxy) is 3. The van der Waals surface area contributed by atoms with E-state index in [1.807, 2.05) is 30.3 Å². The zero-order chi connectivity index (χ0) is 25.1. The molecule has 1 N–H and O–H groups in total. The van der Waals surface area contributed by atoms with Gasteiger partial charge in [0.05, 0.1) is 11.9 Å². The number of hydrogen-bond acceptors (Lipinski definition) is 7. The molecule has 1 aliphatic heterocycles. The molecule has 1 unspecified atom stereocenters. The number of aromatic nitrogens is 2. The molecule has 0 radical (unpaired) electrons. The van der Waals surface area contributed by atoms with Crippen molar-refractivity contribution in [3.8, 4) is 11.5 Å². The van der Waals surface area contributed by atoms with Gasteiger partial charge in [-0.2, -0.15) is 5.10 Å². The van der Waals surface area contributed by atoms with Crippen molar-refractivity contribution in [1.82, 2.24) is 9.78 Å². The molecule has 9 heteroatoms. The van der Waals surface area contributed by atoms with E-state index in [4.69, 9.17) is 14.2 Å². The van der Waals surface area contributed by atoms with Crippen LogP contribution in [0.25, 0.3) is 10.8 Å². The molecule has 9 nitrogen and oxygen atoms in total. The predicted molar refractivity (Wildman–Crippen MR) is 132 cm³/mol. The molecule has 1 amide bonds. The maximum atomic E-state index is 13.1. The van der Waals surface area contributed by atoms with Crippen molar-refractivity contribution in [2.45, 2.75) is 19.6 Å². The van der Waals surface area contributed by atoms with E-state index >= 15 is 0 Å². The Morgan fingerprint density at radius 1 is 0.972 bits per heavy atom. The lowest BCUT2D eigenvalue weighted by Crippen LogP contribution is -2.32. The van der Waals surface area contributed by atoms with Crippen molar-refractivity contribution in [2.75, 3.05) is 18.5 Å². The van der Waals surface area contributed by atoms with Gasteiger partial charge >= 0.3 is 5.97 Å². The third kappa shape index (κ3) is 4.76. The molecule has 182 valence electrons. The lowest BCUT2D eigenvalue weighted by molar-refractivity contribution is -0.123. The number of hydrogen-bond donors (Lipinski definition) is 1. The third-order valence-corrected chi connectivity index (χ3v) is 5.70. The van der Waals surface area contributed by atoms with Crippen molar-refractivity contribution in [3.05, 3.63) is 94.4 Å². The average molecular weight is 485 g/mol. The molecule has 2 heterocycles. The van der Waals surface area contributed by atoms with Crippen LogP contribution in [0.1, 0.15) is 23.0 Å². The van der Waals surface area contributed by atoms with Crippen LogP contribution >= 0.6 is 0 Å². The molecule has 0 aliphatic carbocycles. The van der Waals surface area contributed by atoms with Crippen LogP contribution in [0.2, 0.25) is 0 Å². The first-order chi connectivity index (χ1) is 17.5. The number of esters is 1. The van der Waals surface area contributed by atoms with E-state index in [2.05, 4.69) is 10.4 Å². The van der Waals surface area contributed by atoms with Gasteiger partial charge in [0.2, 0.25) is 0 Å². The maximum Gasteiger partial charge on any atom is 0.360 e. The maximum absolute atomic E-state index is 13.1. The van der Waals surface area contributed by atoms with Gasteiger partial charge in [-0.25, -0.2) is 9.48 Å². The molecule has 5 rings (SSSR count). The molecule has 0 saturated carbocycles. The number of carbonyl (C=O) groups excluding carboxylic acids is 2. The van der Waals surface area contributed by atoms with Gasteiger partial charge in [0.15, 0.2) is 23.3 Å². The Labute approximate surface area is 206 Å². The van der Waals surface area contributed by atoms with Crippen molar-refractivity contribution in [1.29, 1.82) is 0 Å². The molecule has 0 saturated heterocycles. The number of anilines is 1. The summed E-state index contributed by atoms with van der Waals surface area (Å²) in [5.41, 5.74) is 0.969. The molecule has 0 bridgehead atoms. The van der Waals surface area contributed by atoms with Crippen LogP contribution in [-0.2, 0) is 16.1 Å². The van der Waals surface area contributed by atoms with E-state index in [9.17, 15) is 14.4 Å². The zero-order valence-corrected chi connectivity index (χ0v) is 19.5. The number of amides is 1. The Bertz CT molecular complexity index is 1500. The summed E-state index contributed by atoms with van der Waals surface area (Å²) in [6.07, 6.45) is -1.12. The van der Waals surface area contributed by atoms with E-state index in [0.29, 0.717) is 41.2 Å². The molecule has 4 aromatic rings. The van der Waals surface area contributed by atoms with Crippen LogP contribution in [-0.4, -0.2) is 41.0 Å². The molecule has 3 aromatic carbocycles. The first kappa shape index (κ1) is 23.1. The molecule has 1 aliphatic rings. The molecule has 1 aromatic heterocycles. The lowest BCUT2D eigenvalue weighted by Gasteiger charge is -2.19. The Kier molecular flexibility index (Phi) is 6.36. The first-order valence-electron chi connectivity index (χ1n) is 11.4. The lowest BCUT2D eigenvalue weighted by atomic mass is 10.1. The predicted octanol–water partition coefficient (Wildman–Crippen LogP) is 3.40. The van der Waals surface area contributed by atoms with E-state index < -0.39 is 18.0 Å². The highest BCUT2D eigenvalue weighted by atomic mass is 16.6. The summed E-state index contributed by atoms with van der Waals surface area (Å²) < 4.78 is 17.7. The molecular formula is C27H23N3O6. The second-order valence-electron chi connectivity index (χ2n) is 8.24. The quantitative estimate of drug-likeness (QED) is 0.417. The summed E-state index contributed by atoms with van der Waals surface area (Å²) in [6.45, 7) is 2.54. The fourth-order valence-electron chi connectivity index (χ4n) is 3.88. The molecule has 0 spiro atoms. The highest BCUT2D eigenvalue weighted by Crippen LogP contribution is 2.32. The first-order valence-corrected chi connectivity index (χ1v) is 11.4. The van der Waals surface area contributed by atoms with Crippen molar-refractivity contribution >= 4 is 28.3 Å². The Morgan fingerprint density at radius 2 is 1.67 bits per heavy atom. The van der Waals surface area contributed by atoms with Gasteiger partial charge < -0.3 is 19.5 Å². The topological polar surface area (TPSA) is 109 Å². The second-order valence-corrected chi connectivity index (χ2v) is 8.24. The van der Waals surface area contributed by atoms with Gasteiger partial charge in [-0.15, -0.1) is 0 Å². The number of rotatable bonds is 6. The highest BCUT2D eigenvalue weighted by Gasteiger charge is 2.24. The summed E-state index contributed by atoms with van der Waals surface area (Å²) in [6, 6.07) is 21.0. The van der Waals surface area contributed by atoms with Crippen molar-refractivity contribution in [2.24, 2.45) is 0 Å². The standard InChI is InChI=1S/C27H23N3O6/c1-17(25(31)28-19-11-12-22-23(15-19)35-14-13-34-22)36-27(33)24-20-9-5-6-10-21(20)26(32)30(29-24)16-18-7-3-2-4-8-18/h2-12,15,17H,13-14,16H2,1H3,(H,28,31). The summed E-state index contributed by atoms with van der Waals surface area (Å²) in [4.78, 5) is 38.9. The SMILES string of the molecule is CC(OC(=O)c1nn(Cc2ccccc2)c(=O)c2ccccc12)C(=O)Nc1ccc2c(c1)OCCO2. The zero-order valence-electron chi connectivity index (χ0n) is 19.5. The van der Waals surface area contributed by atoms with E-state index in [1.165, 1.54) is 11.6 Å². The number of carbonyl (C=O) groups is 2. The van der Waals surface area contributed by atoms with Gasteiger partial charge in [0.1, 0.15) is 13.2 Å². The number of benzene rings is 3. The number of nitrogens with one attached hydrogen (secondary N) is 1. The minimum absolute atomic E-state index is 0.0416. The van der Waals surface area contributed by atoms with Crippen molar-refractivity contribution < 1.29 is 23.8 Å². The van der Waals surface area contributed by atoms with Gasteiger partial charge in [0, 0.05) is 17.1 Å². The largest absolute Gasteiger partial charge is 0.486 e. The Hall–Kier alpha value is -4.66. The van der Waals surface area contributed by atoms with Gasteiger partial charge in [0.25, 0.3) is 11.5 Å². The molecule has 0 fully saturated rings. The summed E-state index contributed by atoms with van der Waals surface area (Å²) in [7, 11) is 0. The molecular weight excluding hydrogens is 462 g/mol. The average Bonchev–Trinajstić information content (AvgIpc) is 2.90. The van der Waals surface area contributed by atoms with E-state index in [-0.39, 0.29) is 17.8 Å². The fourth-order valence-corrected chi connectivity index (χ4v) is 3.88. The smallest absolute Gasteiger partial charge is 0.360 e. The van der Waals surface area contributed by atoms with Crippen LogP contribution in [0, 0.1) is 0 Å².